The molecule has 1 saturated heterocycles. The molecule has 1 heterocycles. The van der Waals surface area contributed by atoms with E-state index < -0.39 is 24.1 Å². The van der Waals surface area contributed by atoms with Gasteiger partial charge in [-0.1, -0.05) is 0 Å². The zero-order valence-corrected chi connectivity index (χ0v) is 7.77. The number of nitrogens with two attached hydrogens (primary N) is 1. The Hall–Kier alpha value is -0.490. The Morgan fingerprint density at radius 3 is 2.69 bits per heavy atom. The van der Waals surface area contributed by atoms with E-state index in [1.54, 1.807) is 13.8 Å². The topological polar surface area (TPSA) is 81.8 Å². The number of carbonyl (C=O) groups excluding carboxylic acids is 1. The molecule has 1 rings (SSSR count). The molecule has 0 radical (unpaired) electrons. The molecule has 13 heavy (non-hydrogen) atoms. The van der Waals surface area contributed by atoms with E-state index in [0.717, 1.165) is 0 Å². The number of carbonyl (C=O) groups is 1. The predicted molar refractivity (Wildman–Crippen MR) is 45.0 cm³/mol. The molecule has 1 fully saturated rings. The summed E-state index contributed by atoms with van der Waals surface area (Å²) in [5, 5.41) is 9.40. The van der Waals surface area contributed by atoms with Crippen LogP contribution in [0.1, 0.15) is 13.8 Å². The molecule has 5 heteroatoms. The highest BCUT2D eigenvalue weighted by Gasteiger charge is 2.44. The predicted octanol–water partition coefficient (Wildman–Crippen LogP) is -0.975. The van der Waals surface area contributed by atoms with Gasteiger partial charge in [0.05, 0.1) is 6.10 Å². The molecule has 0 spiro atoms. The Labute approximate surface area is 76.8 Å². The standard InChI is InChI=1S/C8H15NO4/c1-8(2)12-6(4-10)7(13-8)5(11)3-9/h4-7,11H,3,9H2,1-2H3/t5-,6-,7-/m1/s1. The first-order chi connectivity index (χ1) is 6.00. The van der Waals surface area contributed by atoms with Crippen LogP contribution in [-0.2, 0) is 14.3 Å². The van der Waals surface area contributed by atoms with Crippen molar-refractivity contribution in [2.24, 2.45) is 5.73 Å². The second-order valence-corrected chi connectivity index (χ2v) is 3.50. The van der Waals surface area contributed by atoms with Gasteiger partial charge in [0.2, 0.25) is 0 Å². The van der Waals surface area contributed by atoms with Crippen LogP contribution >= 0.6 is 0 Å². The highest BCUT2D eigenvalue weighted by Crippen LogP contribution is 2.28. The molecule has 0 aromatic carbocycles. The lowest BCUT2D eigenvalue weighted by Crippen LogP contribution is -2.40. The first-order valence-corrected chi connectivity index (χ1v) is 4.19. The number of ether oxygens (including phenoxy) is 2. The quantitative estimate of drug-likeness (QED) is 0.558. The van der Waals surface area contributed by atoms with E-state index in [0.29, 0.717) is 6.29 Å². The van der Waals surface area contributed by atoms with E-state index >= 15 is 0 Å². The third-order valence-corrected chi connectivity index (χ3v) is 1.92. The van der Waals surface area contributed by atoms with Gasteiger partial charge in [0, 0.05) is 6.54 Å². The summed E-state index contributed by atoms with van der Waals surface area (Å²) in [6, 6.07) is 0. The van der Waals surface area contributed by atoms with E-state index in [1.165, 1.54) is 0 Å². The highest BCUT2D eigenvalue weighted by molar-refractivity contribution is 5.58. The van der Waals surface area contributed by atoms with E-state index in [1.807, 2.05) is 0 Å². The number of aliphatic hydroxyl groups is 1. The molecule has 0 aromatic heterocycles. The largest absolute Gasteiger partial charge is 0.389 e. The fourth-order valence-corrected chi connectivity index (χ4v) is 1.35. The number of aliphatic hydroxyl groups excluding tert-OH is 1. The van der Waals surface area contributed by atoms with Crippen LogP contribution in [0.25, 0.3) is 0 Å². The van der Waals surface area contributed by atoms with Gasteiger partial charge in [0.15, 0.2) is 12.1 Å². The van der Waals surface area contributed by atoms with E-state index in [4.69, 9.17) is 15.2 Å². The minimum Gasteiger partial charge on any atom is -0.389 e. The Morgan fingerprint density at radius 1 is 1.62 bits per heavy atom. The maximum atomic E-state index is 10.6. The average molecular weight is 189 g/mol. The van der Waals surface area contributed by atoms with Crippen molar-refractivity contribution in [1.29, 1.82) is 0 Å². The van der Waals surface area contributed by atoms with Gasteiger partial charge >= 0.3 is 0 Å². The molecule has 1 aliphatic heterocycles. The van der Waals surface area contributed by atoms with Gasteiger partial charge in [-0.3, -0.25) is 0 Å². The van der Waals surface area contributed by atoms with Crippen LogP contribution in [-0.4, -0.2) is 42.0 Å². The first kappa shape index (κ1) is 10.6. The van der Waals surface area contributed by atoms with Crippen LogP contribution < -0.4 is 5.73 Å². The third-order valence-electron chi connectivity index (χ3n) is 1.92. The van der Waals surface area contributed by atoms with Gasteiger partial charge in [0.1, 0.15) is 12.2 Å². The number of hydrogen-bond donors (Lipinski definition) is 2. The normalized spacial score (nSPS) is 34.5. The SMILES string of the molecule is CC1(C)O[C@H]([C@H](O)CN)[C@@H](C=O)O1. The molecule has 0 aromatic rings. The highest BCUT2D eigenvalue weighted by atomic mass is 16.8. The first-order valence-electron chi connectivity index (χ1n) is 4.19. The second kappa shape index (κ2) is 3.71. The van der Waals surface area contributed by atoms with Gasteiger partial charge < -0.3 is 25.1 Å². The number of aldehydes is 1. The van der Waals surface area contributed by atoms with Crippen LogP contribution in [0.2, 0.25) is 0 Å². The molecule has 0 bridgehead atoms. The van der Waals surface area contributed by atoms with Crippen molar-refractivity contribution in [3.63, 3.8) is 0 Å². The van der Waals surface area contributed by atoms with Crippen molar-refractivity contribution >= 4 is 6.29 Å². The molecule has 76 valence electrons. The average Bonchev–Trinajstić information content (AvgIpc) is 2.39. The Morgan fingerprint density at radius 2 is 2.23 bits per heavy atom. The summed E-state index contributed by atoms with van der Waals surface area (Å²) < 4.78 is 10.5. The summed E-state index contributed by atoms with van der Waals surface area (Å²) in [5.74, 6) is -0.827. The minimum atomic E-state index is -0.864. The fraction of sp³-hybridized carbons (Fsp3) is 0.875. The zero-order chi connectivity index (χ0) is 10.1. The van der Waals surface area contributed by atoms with Gasteiger partial charge in [0.25, 0.3) is 0 Å². The lowest BCUT2D eigenvalue weighted by molar-refractivity contribution is -0.156. The van der Waals surface area contributed by atoms with Crippen LogP contribution in [0.3, 0.4) is 0 Å². The van der Waals surface area contributed by atoms with Crippen LogP contribution in [0.4, 0.5) is 0 Å². The van der Waals surface area contributed by atoms with E-state index in [-0.39, 0.29) is 6.54 Å². The molecule has 3 N–H and O–H groups in total. The zero-order valence-electron chi connectivity index (χ0n) is 7.77. The molecular formula is C8H15NO4. The van der Waals surface area contributed by atoms with Crippen molar-refractivity contribution in [3.05, 3.63) is 0 Å². The van der Waals surface area contributed by atoms with Crippen molar-refractivity contribution in [2.45, 2.75) is 37.9 Å². The molecule has 0 saturated carbocycles. The maximum Gasteiger partial charge on any atom is 0.164 e. The van der Waals surface area contributed by atoms with Crippen LogP contribution in [0.5, 0.6) is 0 Å². The van der Waals surface area contributed by atoms with Gasteiger partial charge in [-0.25, -0.2) is 0 Å². The summed E-state index contributed by atoms with van der Waals surface area (Å²) in [6.45, 7) is 3.42. The third kappa shape index (κ3) is 2.25. The summed E-state index contributed by atoms with van der Waals surface area (Å²) in [4.78, 5) is 10.6. The summed E-state index contributed by atoms with van der Waals surface area (Å²) in [5.41, 5.74) is 5.26. The summed E-state index contributed by atoms with van der Waals surface area (Å²) in [6.07, 6.45) is -1.62. The maximum absolute atomic E-state index is 10.6. The lowest BCUT2D eigenvalue weighted by atomic mass is 10.1. The Balaban J connectivity index is 2.68. The van der Waals surface area contributed by atoms with Gasteiger partial charge in [-0.2, -0.15) is 0 Å². The molecule has 0 amide bonds. The molecule has 0 unspecified atom stereocenters. The Bertz CT molecular complexity index is 195. The molecule has 3 atom stereocenters. The van der Waals surface area contributed by atoms with Crippen molar-refractivity contribution in [3.8, 4) is 0 Å². The van der Waals surface area contributed by atoms with Crippen molar-refractivity contribution < 1.29 is 19.4 Å². The smallest absolute Gasteiger partial charge is 0.164 e. The Kier molecular flexibility index (Phi) is 3.02. The summed E-state index contributed by atoms with van der Waals surface area (Å²) >= 11 is 0. The molecule has 1 aliphatic rings. The second-order valence-electron chi connectivity index (χ2n) is 3.50. The fourth-order valence-electron chi connectivity index (χ4n) is 1.35. The minimum absolute atomic E-state index is 0.0500. The van der Waals surface area contributed by atoms with Gasteiger partial charge in [-0.05, 0) is 13.8 Å². The number of rotatable bonds is 3. The van der Waals surface area contributed by atoms with Crippen molar-refractivity contribution in [1.82, 2.24) is 0 Å². The summed E-state index contributed by atoms with van der Waals surface area (Å²) in [7, 11) is 0. The molecule has 0 aliphatic carbocycles. The lowest BCUT2D eigenvalue weighted by Gasteiger charge is -2.19. The van der Waals surface area contributed by atoms with Gasteiger partial charge in [-0.15, -0.1) is 0 Å². The number of hydrogen-bond acceptors (Lipinski definition) is 5. The van der Waals surface area contributed by atoms with Crippen molar-refractivity contribution in [2.75, 3.05) is 6.54 Å². The van der Waals surface area contributed by atoms with E-state index in [9.17, 15) is 9.90 Å². The van der Waals surface area contributed by atoms with Crippen LogP contribution in [0.15, 0.2) is 0 Å². The molecular weight excluding hydrogens is 174 g/mol. The monoisotopic (exact) mass is 189 g/mol. The molecule has 5 nitrogen and oxygen atoms in total. The van der Waals surface area contributed by atoms with E-state index in [2.05, 4.69) is 0 Å². The van der Waals surface area contributed by atoms with Crippen LogP contribution in [0, 0.1) is 0 Å².